The summed E-state index contributed by atoms with van der Waals surface area (Å²) in [5, 5.41) is 0.616. The molecule has 0 N–H and O–H groups in total. The smallest absolute Gasteiger partial charge is 0.268 e. The van der Waals surface area contributed by atoms with E-state index in [0.29, 0.717) is 23.4 Å². The molecule has 1 unspecified atom stereocenters. The number of pyridine rings is 1. The number of carbonyl (C=O) groups excluding carboxylic acids is 1. The van der Waals surface area contributed by atoms with E-state index in [1.54, 1.807) is 4.57 Å². The van der Waals surface area contributed by atoms with Crippen molar-refractivity contribution in [3.8, 4) is 11.4 Å². The molecule has 1 atom stereocenters. The van der Waals surface area contributed by atoms with Gasteiger partial charge in [0.1, 0.15) is 5.56 Å². The van der Waals surface area contributed by atoms with E-state index in [1.807, 2.05) is 30.5 Å². The summed E-state index contributed by atoms with van der Waals surface area (Å²) in [5.74, 6) is 0.220. The average molecular weight is 362 g/mol. The molecule has 0 bridgehead atoms. The fraction of sp³-hybridized carbons (Fsp3) is 0.391. The molecule has 3 heterocycles. The van der Waals surface area contributed by atoms with E-state index in [9.17, 15) is 9.59 Å². The van der Waals surface area contributed by atoms with E-state index in [1.165, 1.54) is 24.8 Å². The van der Waals surface area contributed by atoms with Crippen LogP contribution in [-0.4, -0.2) is 15.0 Å². The second-order valence-corrected chi connectivity index (χ2v) is 7.54. The Kier molecular flexibility index (Phi) is 4.50. The molecule has 27 heavy (non-hydrogen) atoms. The molecular weight excluding hydrogens is 336 g/mol. The zero-order chi connectivity index (χ0) is 19.1. The van der Waals surface area contributed by atoms with E-state index in [4.69, 9.17) is 0 Å². The number of nitrogens with zero attached hydrogens (tertiary/aromatic N) is 2. The third-order valence-electron chi connectivity index (χ3n) is 5.82. The quantitative estimate of drug-likeness (QED) is 0.444. The van der Waals surface area contributed by atoms with E-state index in [-0.39, 0.29) is 11.3 Å². The Hall–Kier alpha value is -2.62. The molecule has 0 amide bonds. The summed E-state index contributed by atoms with van der Waals surface area (Å²) < 4.78 is 3.79. The maximum absolute atomic E-state index is 13.1. The Morgan fingerprint density at radius 3 is 2.59 bits per heavy atom. The lowest BCUT2D eigenvalue weighted by molar-refractivity contribution is 0.0968. The number of para-hydroxylation sites is 1. The summed E-state index contributed by atoms with van der Waals surface area (Å²) in [7, 11) is 0. The van der Waals surface area contributed by atoms with Gasteiger partial charge in [-0.05, 0) is 43.0 Å². The predicted molar refractivity (Wildman–Crippen MR) is 110 cm³/mol. The molecule has 4 nitrogen and oxygen atoms in total. The van der Waals surface area contributed by atoms with Gasteiger partial charge in [-0.2, -0.15) is 0 Å². The molecule has 140 valence electrons. The summed E-state index contributed by atoms with van der Waals surface area (Å²) in [6.45, 7) is 7.20. The van der Waals surface area contributed by atoms with Crippen LogP contribution in [0.1, 0.15) is 68.3 Å². The molecule has 0 spiro atoms. The van der Waals surface area contributed by atoms with E-state index in [2.05, 4.69) is 31.4 Å². The fourth-order valence-electron chi connectivity index (χ4n) is 4.28. The summed E-state index contributed by atoms with van der Waals surface area (Å²) >= 11 is 0. The molecule has 0 fully saturated rings. The second kappa shape index (κ2) is 6.84. The van der Waals surface area contributed by atoms with Crippen LogP contribution in [0.5, 0.6) is 0 Å². The van der Waals surface area contributed by atoms with Crippen LogP contribution in [0.2, 0.25) is 0 Å². The molecule has 0 radical (unpaired) electrons. The first kappa shape index (κ1) is 17.8. The van der Waals surface area contributed by atoms with Gasteiger partial charge in [-0.3, -0.25) is 14.2 Å². The van der Waals surface area contributed by atoms with Crippen molar-refractivity contribution in [3.05, 3.63) is 57.9 Å². The topological polar surface area (TPSA) is 44.0 Å². The molecule has 1 aliphatic rings. The van der Waals surface area contributed by atoms with Crippen molar-refractivity contribution in [1.29, 1.82) is 0 Å². The Labute approximate surface area is 159 Å². The highest BCUT2D eigenvalue weighted by molar-refractivity contribution is 6.10. The molecule has 1 aromatic carbocycles. The van der Waals surface area contributed by atoms with Crippen molar-refractivity contribution in [1.82, 2.24) is 9.13 Å². The van der Waals surface area contributed by atoms with E-state index >= 15 is 0 Å². The summed E-state index contributed by atoms with van der Waals surface area (Å²) in [5.41, 5.74) is 3.87. The van der Waals surface area contributed by atoms with Gasteiger partial charge in [0.15, 0.2) is 0 Å². The van der Waals surface area contributed by atoms with Crippen molar-refractivity contribution >= 4 is 16.8 Å². The summed E-state index contributed by atoms with van der Waals surface area (Å²) in [6.07, 6.45) is 6.71. The summed E-state index contributed by atoms with van der Waals surface area (Å²) in [6, 6.07) is 9.68. The molecule has 2 aromatic heterocycles. The minimum Gasteiger partial charge on any atom is -0.339 e. The number of hydrogen-bond donors (Lipinski definition) is 0. The number of unbranched alkanes of at least 4 members (excludes halogenated alkanes) is 2. The van der Waals surface area contributed by atoms with Crippen LogP contribution >= 0.6 is 0 Å². The normalized spacial score (nSPS) is 13.8. The highest BCUT2D eigenvalue weighted by Crippen LogP contribution is 2.36. The zero-order valence-corrected chi connectivity index (χ0v) is 16.3. The van der Waals surface area contributed by atoms with Crippen LogP contribution in [-0.2, 0) is 6.54 Å². The van der Waals surface area contributed by atoms with Gasteiger partial charge in [-0.15, -0.1) is 0 Å². The molecule has 4 rings (SSSR count). The lowest BCUT2D eigenvalue weighted by Gasteiger charge is -2.14. The summed E-state index contributed by atoms with van der Waals surface area (Å²) in [4.78, 5) is 26.1. The van der Waals surface area contributed by atoms with Gasteiger partial charge in [-0.1, -0.05) is 45.2 Å². The van der Waals surface area contributed by atoms with Crippen LogP contribution in [0.25, 0.3) is 22.3 Å². The molecule has 0 saturated carbocycles. The van der Waals surface area contributed by atoms with Gasteiger partial charge in [0.25, 0.3) is 5.91 Å². The van der Waals surface area contributed by atoms with Gasteiger partial charge in [0.05, 0.1) is 16.9 Å². The highest BCUT2D eigenvalue weighted by atomic mass is 16.2. The monoisotopic (exact) mass is 362 g/mol. The fourth-order valence-corrected chi connectivity index (χ4v) is 4.28. The van der Waals surface area contributed by atoms with Gasteiger partial charge < -0.3 is 4.57 Å². The number of aryl methyl sites for hydroxylation is 1. The Morgan fingerprint density at radius 2 is 1.85 bits per heavy atom. The number of benzene rings is 1. The second-order valence-electron chi connectivity index (χ2n) is 7.54. The maximum atomic E-state index is 13.1. The first-order valence-electron chi connectivity index (χ1n) is 10.0. The first-order valence-corrected chi connectivity index (χ1v) is 10.0. The molecular formula is C23H26N2O2. The number of fused-ring (bicyclic) bond motifs is 4. The number of rotatable bonds is 6. The maximum Gasteiger partial charge on any atom is 0.268 e. The highest BCUT2D eigenvalue weighted by Gasteiger charge is 2.33. The number of hydrogen-bond acceptors (Lipinski definition) is 2. The SMILES string of the molecule is CCCCCC(C)c1cc2n(c1)C(=O)c1c-2n(CC)c2ccccc2c1=O. The first-order chi connectivity index (χ1) is 13.1. The standard InChI is InChI=1S/C23H26N2O2/c1-4-6-7-10-15(3)16-13-19-21-20(23(27)25(19)14-16)22(26)17-11-8-9-12-18(17)24(21)5-2/h8-9,11-15H,4-7,10H2,1-3H3. The van der Waals surface area contributed by atoms with E-state index < -0.39 is 0 Å². The van der Waals surface area contributed by atoms with Crippen LogP contribution in [0.4, 0.5) is 0 Å². The van der Waals surface area contributed by atoms with E-state index in [0.717, 1.165) is 23.3 Å². The van der Waals surface area contributed by atoms with Crippen molar-refractivity contribution in [2.45, 2.75) is 58.9 Å². The Balaban J connectivity index is 1.87. The Bertz CT molecular complexity index is 1090. The third kappa shape index (κ3) is 2.66. The number of carbonyl (C=O) groups is 1. The largest absolute Gasteiger partial charge is 0.339 e. The van der Waals surface area contributed by atoms with Crippen LogP contribution < -0.4 is 5.43 Å². The number of aromatic nitrogens is 2. The van der Waals surface area contributed by atoms with Crippen molar-refractivity contribution in [2.24, 2.45) is 0 Å². The van der Waals surface area contributed by atoms with Crippen molar-refractivity contribution < 1.29 is 4.79 Å². The molecule has 3 aromatic rings. The van der Waals surface area contributed by atoms with Gasteiger partial charge in [0, 0.05) is 18.1 Å². The van der Waals surface area contributed by atoms with Crippen LogP contribution in [0.15, 0.2) is 41.3 Å². The molecule has 4 heteroatoms. The van der Waals surface area contributed by atoms with Gasteiger partial charge >= 0.3 is 0 Å². The average Bonchev–Trinajstić information content (AvgIpc) is 3.22. The lowest BCUT2D eigenvalue weighted by Crippen LogP contribution is -2.20. The van der Waals surface area contributed by atoms with Crippen molar-refractivity contribution in [3.63, 3.8) is 0 Å². The Morgan fingerprint density at radius 1 is 1.07 bits per heavy atom. The minimum atomic E-state index is -0.190. The van der Waals surface area contributed by atoms with Crippen molar-refractivity contribution in [2.75, 3.05) is 0 Å². The zero-order valence-electron chi connectivity index (χ0n) is 16.3. The predicted octanol–water partition coefficient (Wildman–Crippen LogP) is 5.18. The van der Waals surface area contributed by atoms with Crippen LogP contribution in [0.3, 0.4) is 0 Å². The van der Waals surface area contributed by atoms with Gasteiger partial charge in [0.2, 0.25) is 5.43 Å². The lowest BCUT2D eigenvalue weighted by atomic mass is 9.96. The van der Waals surface area contributed by atoms with Gasteiger partial charge in [-0.25, -0.2) is 0 Å². The molecule has 0 saturated heterocycles. The molecule has 1 aliphatic heterocycles. The molecule has 0 aliphatic carbocycles. The van der Waals surface area contributed by atoms with Crippen LogP contribution in [0, 0.1) is 0 Å². The third-order valence-corrected chi connectivity index (χ3v) is 5.82. The minimum absolute atomic E-state index is 0.156.